The van der Waals surface area contributed by atoms with E-state index in [0.717, 1.165) is 50.7 Å². The fourth-order valence-electron chi connectivity index (χ4n) is 4.26. The molecule has 5 nitrogen and oxygen atoms in total. The van der Waals surface area contributed by atoms with E-state index in [1.807, 2.05) is 42.5 Å². The van der Waals surface area contributed by atoms with Gasteiger partial charge in [0.25, 0.3) is 5.56 Å². The third-order valence-electron chi connectivity index (χ3n) is 6.03. The Bertz CT molecular complexity index is 1380. The maximum absolute atomic E-state index is 13.0. The first-order valence-corrected chi connectivity index (χ1v) is 13.4. The van der Waals surface area contributed by atoms with Crippen LogP contribution >= 0.6 is 34.7 Å². The molecule has 0 spiro atoms. The number of H-pyrrole nitrogens is 1. The lowest BCUT2D eigenvalue weighted by atomic mass is 9.89. The highest BCUT2D eigenvalue weighted by molar-refractivity contribution is 7.99. The molecule has 1 unspecified atom stereocenters. The first kappa shape index (κ1) is 23.3. The summed E-state index contributed by atoms with van der Waals surface area (Å²) in [6.45, 7) is 2.80. The predicted octanol–water partition coefficient (Wildman–Crippen LogP) is 6.61. The first-order valence-electron chi connectivity index (χ1n) is 11.3. The van der Waals surface area contributed by atoms with Gasteiger partial charge in [-0.15, -0.1) is 23.1 Å². The quantitative estimate of drug-likeness (QED) is 0.223. The van der Waals surface area contributed by atoms with E-state index in [2.05, 4.69) is 11.9 Å². The van der Waals surface area contributed by atoms with E-state index in [9.17, 15) is 4.79 Å². The van der Waals surface area contributed by atoms with E-state index < -0.39 is 0 Å². The Labute approximate surface area is 211 Å². The van der Waals surface area contributed by atoms with Crippen molar-refractivity contribution in [3.05, 3.63) is 68.3 Å². The number of halogens is 1. The standard InChI is InChI=1S/C26H25ClN2O3S2/c1-15-3-9-19-22(13-15)34-26-23(19)25(30)28-24(29-26)16-4-10-20(21(14-16)31-2)32-11-12-33-18-7-5-17(27)6-8-18/h4-8,10,14-15H,3,9,11-13H2,1-2H3,(H,28,29,30). The summed E-state index contributed by atoms with van der Waals surface area (Å²) < 4.78 is 11.5. The van der Waals surface area contributed by atoms with Crippen LogP contribution in [-0.4, -0.2) is 29.4 Å². The van der Waals surface area contributed by atoms with Gasteiger partial charge in [-0.3, -0.25) is 4.79 Å². The molecule has 4 aromatic rings. The molecule has 2 heterocycles. The molecular formula is C26H25ClN2O3S2. The van der Waals surface area contributed by atoms with Gasteiger partial charge in [0.15, 0.2) is 11.5 Å². The largest absolute Gasteiger partial charge is 0.493 e. The average Bonchev–Trinajstić information content (AvgIpc) is 3.20. The lowest BCUT2D eigenvalue weighted by molar-refractivity contribution is 0.313. The molecule has 8 heteroatoms. The number of nitrogens with zero attached hydrogens (tertiary/aromatic N) is 1. The number of aromatic nitrogens is 2. The summed E-state index contributed by atoms with van der Waals surface area (Å²) in [4.78, 5) is 24.0. The number of hydrogen-bond donors (Lipinski definition) is 1. The Balaban J connectivity index is 1.33. The molecule has 176 valence electrons. The summed E-state index contributed by atoms with van der Waals surface area (Å²) in [5.74, 6) is 3.26. The molecule has 1 aliphatic carbocycles. The average molecular weight is 513 g/mol. The van der Waals surface area contributed by atoms with Crippen LogP contribution in [0.25, 0.3) is 21.6 Å². The zero-order valence-electron chi connectivity index (χ0n) is 19.0. The van der Waals surface area contributed by atoms with Gasteiger partial charge in [-0.1, -0.05) is 18.5 Å². The minimum atomic E-state index is -0.0643. The van der Waals surface area contributed by atoms with Crippen molar-refractivity contribution in [3.63, 3.8) is 0 Å². The Morgan fingerprint density at radius 2 is 2.03 bits per heavy atom. The molecule has 0 aliphatic heterocycles. The summed E-state index contributed by atoms with van der Waals surface area (Å²) in [6, 6.07) is 13.4. The highest BCUT2D eigenvalue weighted by Gasteiger charge is 2.23. The van der Waals surface area contributed by atoms with Gasteiger partial charge < -0.3 is 14.5 Å². The molecule has 1 aliphatic rings. The molecule has 1 N–H and O–H groups in total. The number of fused-ring (bicyclic) bond motifs is 3. The zero-order valence-corrected chi connectivity index (χ0v) is 21.4. The molecular weight excluding hydrogens is 488 g/mol. The van der Waals surface area contributed by atoms with Crippen LogP contribution in [0, 0.1) is 5.92 Å². The number of nitrogens with one attached hydrogen (secondary N) is 1. The summed E-state index contributed by atoms with van der Waals surface area (Å²) in [5.41, 5.74) is 1.92. The van der Waals surface area contributed by atoms with Crippen molar-refractivity contribution in [2.24, 2.45) is 5.92 Å². The monoisotopic (exact) mass is 512 g/mol. The summed E-state index contributed by atoms with van der Waals surface area (Å²) in [5, 5.41) is 1.49. The van der Waals surface area contributed by atoms with Crippen LogP contribution in [0.4, 0.5) is 0 Å². The molecule has 2 aromatic carbocycles. The fraction of sp³-hybridized carbons (Fsp3) is 0.308. The smallest absolute Gasteiger partial charge is 0.260 e. The predicted molar refractivity (Wildman–Crippen MR) is 141 cm³/mol. The maximum Gasteiger partial charge on any atom is 0.260 e. The third-order valence-corrected chi connectivity index (χ3v) is 8.40. The molecule has 0 radical (unpaired) electrons. The van der Waals surface area contributed by atoms with Gasteiger partial charge in [-0.2, -0.15) is 0 Å². The van der Waals surface area contributed by atoms with E-state index in [-0.39, 0.29) is 5.56 Å². The Morgan fingerprint density at radius 3 is 2.82 bits per heavy atom. The fourth-order valence-corrected chi connectivity index (χ4v) is 6.50. The highest BCUT2D eigenvalue weighted by Crippen LogP contribution is 2.37. The Kier molecular flexibility index (Phi) is 6.86. The van der Waals surface area contributed by atoms with E-state index in [0.29, 0.717) is 29.8 Å². The Morgan fingerprint density at radius 1 is 1.21 bits per heavy atom. The van der Waals surface area contributed by atoms with E-state index >= 15 is 0 Å². The SMILES string of the molecule is COc1cc(-c2nc3sc4c(c3c(=O)[nH]2)CCC(C)C4)ccc1OCCSc1ccc(Cl)cc1. The summed E-state index contributed by atoms with van der Waals surface area (Å²) in [6.07, 6.45) is 3.11. The number of methoxy groups -OCH3 is 1. The van der Waals surface area contributed by atoms with E-state index in [1.165, 1.54) is 10.4 Å². The number of ether oxygens (including phenoxy) is 2. The van der Waals surface area contributed by atoms with Crippen molar-refractivity contribution in [2.45, 2.75) is 31.1 Å². The number of thiophene rings is 1. The first-order chi connectivity index (χ1) is 16.5. The van der Waals surface area contributed by atoms with Crippen molar-refractivity contribution in [1.82, 2.24) is 9.97 Å². The van der Waals surface area contributed by atoms with Crippen LogP contribution < -0.4 is 15.0 Å². The van der Waals surface area contributed by atoms with Crippen LogP contribution in [0.2, 0.25) is 5.02 Å². The number of benzene rings is 2. The second kappa shape index (κ2) is 10.0. The number of thioether (sulfide) groups is 1. The topological polar surface area (TPSA) is 64.2 Å². The van der Waals surface area contributed by atoms with Gasteiger partial charge in [0.05, 0.1) is 19.1 Å². The van der Waals surface area contributed by atoms with E-state index in [1.54, 1.807) is 30.2 Å². The summed E-state index contributed by atoms with van der Waals surface area (Å²) in [7, 11) is 1.61. The van der Waals surface area contributed by atoms with Crippen LogP contribution in [-0.2, 0) is 12.8 Å². The Hall–Kier alpha value is -2.48. The van der Waals surface area contributed by atoms with Gasteiger partial charge in [-0.25, -0.2) is 4.98 Å². The van der Waals surface area contributed by atoms with Gasteiger partial charge in [0.1, 0.15) is 10.7 Å². The third kappa shape index (κ3) is 4.83. The molecule has 0 amide bonds. The molecule has 5 rings (SSSR count). The zero-order chi connectivity index (χ0) is 23.7. The minimum absolute atomic E-state index is 0.0643. The number of aromatic amines is 1. The van der Waals surface area contributed by atoms with Gasteiger partial charge in [-0.05, 0) is 73.2 Å². The lowest BCUT2D eigenvalue weighted by Gasteiger charge is -2.17. The number of rotatable bonds is 7. The number of hydrogen-bond acceptors (Lipinski definition) is 6. The van der Waals surface area contributed by atoms with Crippen molar-refractivity contribution < 1.29 is 9.47 Å². The van der Waals surface area contributed by atoms with Gasteiger partial charge in [0.2, 0.25) is 0 Å². The van der Waals surface area contributed by atoms with Gasteiger partial charge >= 0.3 is 0 Å². The van der Waals surface area contributed by atoms with Crippen LogP contribution in [0.1, 0.15) is 23.8 Å². The molecule has 0 fully saturated rings. The molecule has 0 bridgehead atoms. The second-order valence-electron chi connectivity index (χ2n) is 8.46. The number of aryl methyl sites for hydroxylation is 1. The molecule has 0 saturated carbocycles. The van der Waals surface area contributed by atoms with Crippen LogP contribution in [0.15, 0.2) is 52.2 Å². The van der Waals surface area contributed by atoms with Crippen molar-refractivity contribution in [1.29, 1.82) is 0 Å². The minimum Gasteiger partial charge on any atom is -0.493 e. The van der Waals surface area contributed by atoms with Crippen molar-refractivity contribution >= 4 is 44.9 Å². The van der Waals surface area contributed by atoms with Crippen LogP contribution in [0.3, 0.4) is 0 Å². The molecule has 34 heavy (non-hydrogen) atoms. The molecule has 1 atom stereocenters. The van der Waals surface area contributed by atoms with E-state index in [4.69, 9.17) is 26.1 Å². The highest BCUT2D eigenvalue weighted by atomic mass is 35.5. The lowest BCUT2D eigenvalue weighted by Crippen LogP contribution is -2.13. The summed E-state index contributed by atoms with van der Waals surface area (Å²) >= 11 is 9.30. The van der Waals surface area contributed by atoms with Crippen molar-refractivity contribution in [2.75, 3.05) is 19.5 Å². The molecule has 0 saturated heterocycles. The maximum atomic E-state index is 13.0. The second-order valence-corrected chi connectivity index (χ2v) is 11.2. The van der Waals surface area contributed by atoms with Gasteiger partial charge in [0, 0.05) is 26.1 Å². The van der Waals surface area contributed by atoms with Crippen molar-refractivity contribution in [3.8, 4) is 22.9 Å². The molecule has 2 aromatic heterocycles. The van der Waals surface area contributed by atoms with Crippen LogP contribution in [0.5, 0.6) is 11.5 Å². The normalized spacial score (nSPS) is 15.3.